The van der Waals surface area contributed by atoms with Crippen molar-refractivity contribution in [2.24, 2.45) is 0 Å². The number of halogens is 1. The first-order chi connectivity index (χ1) is 9.69. The number of thiazole rings is 1. The lowest BCUT2D eigenvalue weighted by Gasteiger charge is -2.22. The van der Waals surface area contributed by atoms with Gasteiger partial charge < -0.3 is 10.1 Å². The second kappa shape index (κ2) is 5.78. The van der Waals surface area contributed by atoms with Crippen LogP contribution in [0.1, 0.15) is 37.7 Å². The smallest absolute Gasteiger partial charge is 0.184 e. The average Bonchev–Trinajstić information content (AvgIpc) is 2.88. The summed E-state index contributed by atoms with van der Waals surface area (Å²) in [6.45, 7) is 2.00. The largest absolute Gasteiger partial charge is 0.494 e. The number of aryl methyl sites for hydroxylation is 1. The molecule has 3 nitrogen and oxygen atoms in total. The van der Waals surface area contributed by atoms with E-state index >= 15 is 0 Å². The Morgan fingerprint density at radius 2 is 2.10 bits per heavy atom. The van der Waals surface area contributed by atoms with Crippen molar-refractivity contribution in [3.63, 3.8) is 0 Å². The van der Waals surface area contributed by atoms with Crippen molar-refractivity contribution in [3.8, 4) is 5.75 Å². The van der Waals surface area contributed by atoms with Gasteiger partial charge in [-0.25, -0.2) is 4.98 Å². The van der Waals surface area contributed by atoms with Crippen molar-refractivity contribution < 1.29 is 4.74 Å². The highest BCUT2D eigenvalue weighted by Crippen LogP contribution is 2.40. The number of aromatic nitrogens is 1. The molecule has 108 valence electrons. The fourth-order valence-corrected chi connectivity index (χ4v) is 4.09. The molecule has 20 heavy (non-hydrogen) atoms. The predicted octanol–water partition coefficient (Wildman–Crippen LogP) is 5.01. The molecule has 0 spiro atoms. The molecule has 0 bridgehead atoms. The number of nitrogens with zero attached hydrogens (tertiary/aromatic N) is 1. The van der Waals surface area contributed by atoms with E-state index in [0.29, 0.717) is 6.04 Å². The fraction of sp³-hybridized carbons (Fsp3) is 0.533. The number of hydrogen-bond acceptors (Lipinski definition) is 4. The van der Waals surface area contributed by atoms with E-state index < -0.39 is 0 Å². The number of ether oxygens (including phenoxy) is 1. The Balaban J connectivity index is 1.95. The van der Waals surface area contributed by atoms with E-state index in [9.17, 15) is 0 Å². The molecular formula is C15H19ClN2OS. The Hall–Kier alpha value is -1.00. The molecule has 1 aliphatic rings. The lowest BCUT2D eigenvalue weighted by Crippen LogP contribution is -2.21. The van der Waals surface area contributed by atoms with Crippen LogP contribution in [0.3, 0.4) is 0 Å². The van der Waals surface area contributed by atoms with Crippen LogP contribution >= 0.6 is 22.9 Å². The number of nitrogens with one attached hydrogen (secondary N) is 1. The molecular weight excluding hydrogens is 292 g/mol. The first-order valence-corrected chi connectivity index (χ1v) is 8.28. The molecule has 3 rings (SSSR count). The minimum Gasteiger partial charge on any atom is -0.494 e. The van der Waals surface area contributed by atoms with Gasteiger partial charge in [0.2, 0.25) is 0 Å². The minimum atomic E-state index is 0.551. The number of anilines is 1. The van der Waals surface area contributed by atoms with Crippen molar-refractivity contribution in [2.75, 3.05) is 12.4 Å². The number of hydrogen-bond donors (Lipinski definition) is 1. The summed E-state index contributed by atoms with van der Waals surface area (Å²) in [6.07, 6.45) is 6.45. The molecule has 1 aromatic carbocycles. The van der Waals surface area contributed by atoms with Gasteiger partial charge in [0.25, 0.3) is 0 Å². The first kappa shape index (κ1) is 14.0. The molecule has 0 aliphatic heterocycles. The summed E-state index contributed by atoms with van der Waals surface area (Å²) in [5.41, 5.74) is 1.90. The highest BCUT2D eigenvalue weighted by Gasteiger charge is 2.18. The van der Waals surface area contributed by atoms with Gasteiger partial charge in [0, 0.05) is 6.04 Å². The maximum Gasteiger partial charge on any atom is 0.184 e. The molecule has 0 radical (unpaired) electrons. The predicted molar refractivity (Wildman–Crippen MR) is 86.4 cm³/mol. The Labute approximate surface area is 128 Å². The van der Waals surface area contributed by atoms with Crippen molar-refractivity contribution in [3.05, 3.63) is 16.7 Å². The normalized spacial score (nSPS) is 16.6. The Morgan fingerprint density at radius 3 is 2.80 bits per heavy atom. The second-order valence-corrected chi connectivity index (χ2v) is 6.76. The Bertz CT molecular complexity index is 620. The van der Waals surface area contributed by atoms with E-state index in [1.54, 1.807) is 18.4 Å². The van der Waals surface area contributed by atoms with E-state index in [4.69, 9.17) is 16.3 Å². The van der Waals surface area contributed by atoms with Crippen molar-refractivity contribution in [1.82, 2.24) is 4.98 Å². The summed E-state index contributed by atoms with van der Waals surface area (Å²) in [4.78, 5) is 4.68. The first-order valence-electron chi connectivity index (χ1n) is 7.09. The highest BCUT2D eigenvalue weighted by atomic mass is 35.5. The zero-order valence-electron chi connectivity index (χ0n) is 11.8. The monoisotopic (exact) mass is 310 g/mol. The third-order valence-corrected chi connectivity index (χ3v) is 5.51. The standard InChI is InChI=1S/C15H19ClN2OS/c1-9-8-11(19-2)13-14(12(9)16)20-15(18-13)17-10-6-4-3-5-7-10/h8,10H,3-7H2,1-2H3,(H,17,18). The average molecular weight is 311 g/mol. The minimum absolute atomic E-state index is 0.551. The SMILES string of the molecule is COc1cc(C)c(Cl)c2sc(NC3CCCCC3)nc12. The van der Waals surface area contributed by atoms with Crippen molar-refractivity contribution in [2.45, 2.75) is 45.1 Å². The molecule has 1 aromatic heterocycles. The number of fused-ring (bicyclic) bond motifs is 1. The molecule has 1 aliphatic carbocycles. The van der Waals surface area contributed by atoms with Crippen molar-refractivity contribution in [1.29, 1.82) is 0 Å². The lowest BCUT2D eigenvalue weighted by molar-refractivity contribution is 0.418. The number of rotatable bonds is 3. The van der Waals surface area contributed by atoms with Crippen LogP contribution in [-0.2, 0) is 0 Å². The molecule has 2 aromatic rings. The van der Waals surface area contributed by atoms with Crippen LogP contribution in [0.25, 0.3) is 10.2 Å². The molecule has 1 fully saturated rings. The third kappa shape index (κ3) is 2.59. The Kier molecular flexibility index (Phi) is 4.03. The molecule has 0 unspecified atom stereocenters. The van der Waals surface area contributed by atoms with Gasteiger partial charge >= 0.3 is 0 Å². The fourth-order valence-electron chi connectivity index (χ4n) is 2.78. The van der Waals surface area contributed by atoms with Crippen LogP contribution in [0.15, 0.2) is 6.07 Å². The molecule has 1 N–H and O–H groups in total. The maximum atomic E-state index is 6.40. The van der Waals surface area contributed by atoms with E-state index in [2.05, 4.69) is 10.3 Å². The molecule has 0 atom stereocenters. The van der Waals surface area contributed by atoms with Gasteiger partial charge in [0.1, 0.15) is 11.3 Å². The highest BCUT2D eigenvalue weighted by molar-refractivity contribution is 7.22. The van der Waals surface area contributed by atoms with E-state index in [1.807, 2.05) is 13.0 Å². The van der Waals surface area contributed by atoms with E-state index in [1.165, 1.54) is 32.1 Å². The van der Waals surface area contributed by atoms with Crippen LogP contribution in [0.2, 0.25) is 5.02 Å². The molecule has 0 amide bonds. The second-order valence-electron chi connectivity index (χ2n) is 5.39. The van der Waals surface area contributed by atoms with Gasteiger partial charge in [0.15, 0.2) is 5.13 Å². The van der Waals surface area contributed by atoms with Crippen LogP contribution in [0.4, 0.5) is 5.13 Å². The van der Waals surface area contributed by atoms with Gasteiger partial charge in [-0.05, 0) is 31.4 Å². The van der Waals surface area contributed by atoms with Gasteiger partial charge in [0.05, 0.1) is 16.8 Å². The van der Waals surface area contributed by atoms with Gasteiger partial charge in [-0.3, -0.25) is 0 Å². The van der Waals surface area contributed by atoms with E-state index in [0.717, 1.165) is 31.7 Å². The number of benzene rings is 1. The number of methoxy groups -OCH3 is 1. The lowest BCUT2D eigenvalue weighted by atomic mass is 9.96. The molecule has 1 saturated carbocycles. The quantitative estimate of drug-likeness (QED) is 0.865. The van der Waals surface area contributed by atoms with Crippen LogP contribution < -0.4 is 10.1 Å². The van der Waals surface area contributed by atoms with Crippen molar-refractivity contribution >= 4 is 38.3 Å². The van der Waals surface area contributed by atoms with Gasteiger partial charge in [-0.2, -0.15) is 0 Å². The van der Waals surface area contributed by atoms with Crippen LogP contribution in [0.5, 0.6) is 5.75 Å². The summed E-state index contributed by atoms with van der Waals surface area (Å²) >= 11 is 8.03. The summed E-state index contributed by atoms with van der Waals surface area (Å²) in [5.74, 6) is 0.801. The summed E-state index contributed by atoms with van der Waals surface area (Å²) in [6, 6.07) is 2.50. The Morgan fingerprint density at radius 1 is 1.35 bits per heavy atom. The molecule has 1 heterocycles. The van der Waals surface area contributed by atoms with Gasteiger partial charge in [-0.1, -0.05) is 42.2 Å². The van der Waals surface area contributed by atoms with Crippen LogP contribution in [-0.4, -0.2) is 18.1 Å². The zero-order valence-corrected chi connectivity index (χ0v) is 13.4. The molecule has 5 heteroatoms. The summed E-state index contributed by atoms with van der Waals surface area (Å²) in [7, 11) is 1.68. The molecule has 0 saturated heterocycles. The summed E-state index contributed by atoms with van der Waals surface area (Å²) < 4.78 is 6.44. The van der Waals surface area contributed by atoms with Gasteiger partial charge in [-0.15, -0.1) is 0 Å². The topological polar surface area (TPSA) is 34.1 Å². The third-order valence-electron chi connectivity index (χ3n) is 3.91. The maximum absolute atomic E-state index is 6.40. The zero-order chi connectivity index (χ0) is 14.1. The van der Waals surface area contributed by atoms with Crippen LogP contribution in [0, 0.1) is 6.92 Å². The van der Waals surface area contributed by atoms with E-state index in [-0.39, 0.29) is 0 Å². The summed E-state index contributed by atoms with van der Waals surface area (Å²) in [5, 5.41) is 5.30.